The quantitative estimate of drug-likeness (QED) is 0.606. The lowest BCUT2D eigenvalue weighted by Gasteiger charge is -2.25. The van der Waals surface area contributed by atoms with E-state index in [-0.39, 0.29) is 18.9 Å². The molecule has 0 bridgehead atoms. The fourth-order valence-corrected chi connectivity index (χ4v) is 2.38. The Balaban J connectivity index is 2.70. The van der Waals surface area contributed by atoms with Gasteiger partial charge >= 0.3 is 12.1 Å². The van der Waals surface area contributed by atoms with E-state index in [9.17, 15) is 19.5 Å². The summed E-state index contributed by atoms with van der Waals surface area (Å²) in [6.45, 7) is 5.05. The molecular formula is C19H25N3O5. The Labute approximate surface area is 158 Å². The van der Waals surface area contributed by atoms with Gasteiger partial charge in [0.15, 0.2) is 0 Å². The number of hydrogen-bond donors (Lipinski definition) is 3. The fraction of sp³-hybridized carbons (Fsp3) is 0.474. The Hall–Kier alpha value is -3.08. The lowest BCUT2D eigenvalue weighted by molar-refractivity contribution is -0.143. The zero-order valence-corrected chi connectivity index (χ0v) is 15.6. The first-order valence-corrected chi connectivity index (χ1v) is 8.63. The minimum Gasteiger partial charge on any atom is -0.480 e. The molecule has 146 valence electrons. The highest BCUT2D eigenvalue weighted by Gasteiger charge is 2.31. The summed E-state index contributed by atoms with van der Waals surface area (Å²) in [7, 11) is 0. The third-order valence-electron chi connectivity index (χ3n) is 3.98. The molecule has 3 N–H and O–H groups in total. The van der Waals surface area contributed by atoms with E-state index in [0.717, 1.165) is 5.56 Å². The molecule has 0 aromatic heterocycles. The molecule has 0 aliphatic rings. The van der Waals surface area contributed by atoms with Gasteiger partial charge in [-0.15, -0.1) is 0 Å². The van der Waals surface area contributed by atoms with Crippen LogP contribution in [0.3, 0.4) is 0 Å². The molecular weight excluding hydrogens is 350 g/mol. The Morgan fingerprint density at radius 1 is 1.11 bits per heavy atom. The summed E-state index contributed by atoms with van der Waals surface area (Å²) < 4.78 is 5.11. The van der Waals surface area contributed by atoms with Gasteiger partial charge in [-0.1, -0.05) is 51.1 Å². The summed E-state index contributed by atoms with van der Waals surface area (Å²) in [4.78, 5) is 35.9. The first kappa shape index (κ1) is 22.0. The van der Waals surface area contributed by atoms with Gasteiger partial charge in [-0.25, -0.2) is 9.59 Å². The Morgan fingerprint density at radius 2 is 1.74 bits per heavy atom. The van der Waals surface area contributed by atoms with Gasteiger partial charge in [0.2, 0.25) is 5.91 Å². The number of aliphatic carboxylic acids is 1. The molecule has 0 spiro atoms. The third kappa shape index (κ3) is 7.36. The number of nitriles is 1. The van der Waals surface area contributed by atoms with Crippen molar-refractivity contribution in [2.24, 2.45) is 11.8 Å². The minimum atomic E-state index is -1.24. The minimum absolute atomic E-state index is 0.0177. The van der Waals surface area contributed by atoms with E-state index in [1.54, 1.807) is 32.9 Å². The van der Waals surface area contributed by atoms with Gasteiger partial charge in [0.05, 0.1) is 6.07 Å². The van der Waals surface area contributed by atoms with Crippen molar-refractivity contribution in [1.82, 2.24) is 10.6 Å². The van der Waals surface area contributed by atoms with Crippen molar-refractivity contribution < 1.29 is 24.2 Å². The lowest BCUT2D eigenvalue weighted by Crippen LogP contribution is -2.55. The second-order valence-electron chi connectivity index (χ2n) is 6.59. The van der Waals surface area contributed by atoms with E-state index < -0.39 is 36.0 Å². The maximum atomic E-state index is 12.5. The molecule has 8 nitrogen and oxygen atoms in total. The average Bonchev–Trinajstić information content (AvgIpc) is 2.62. The topological polar surface area (TPSA) is 129 Å². The van der Waals surface area contributed by atoms with Crippen molar-refractivity contribution in [3.05, 3.63) is 35.9 Å². The van der Waals surface area contributed by atoms with E-state index in [2.05, 4.69) is 10.6 Å². The maximum absolute atomic E-state index is 12.5. The number of nitrogens with zero attached hydrogens (tertiary/aromatic N) is 1. The largest absolute Gasteiger partial charge is 0.480 e. The maximum Gasteiger partial charge on any atom is 0.408 e. The standard InChI is InChI=1S/C19H25N3O5/c1-12(2)15(17(23)21-16(18(24)25)13(3)9-10-20)22-19(26)27-11-14-7-5-4-6-8-14/h4-8,12-13,15-16H,9,11H2,1-3H3,(H,21,23)(H,22,26)(H,24,25)/t13-,15-,16-/m0/s1. The predicted molar refractivity (Wildman–Crippen MR) is 97.3 cm³/mol. The van der Waals surface area contributed by atoms with E-state index in [1.165, 1.54) is 0 Å². The van der Waals surface area contributed by atoms with Crippen molar-refractivity contribution in [2.45, 2.75) is 45.9 Å². The number of nitrogens with one attached hydrogen (secondary N) is 2. The highest BCUT2D eigenvalue weighted by atomic mass is 16.5. The molecule has 0 saturated carbocycles. The van der Waals surface area contributed by atoms with Crippen LogP contribution in [0, 0.1) is 23.2 Å². The van der Waals surface area contributed by atoms with Gasteiger partial charge < -0.3 is 20.5 Å². The number of hydrogen-bond acceptors (Lipinski definition) is 5. The molecule has 3 atom stereocenters. The van der Waals surface area contributed by atoms with Crippen LogP contribution in [-0.2, 0) is 20.9 Å². The highest BCUT2D eigenvalue weighted by molar-refractivity contribution is 5.89. The van der Waals surface area contributed by atoms with Crippen LogP contribution in [0.25, 0.3) is 0 Å². The average molecular weight is 375 g/mol. The number of rotatable bonds is 9. The summed E-state index contributed by atoms with van der Waals surface area (Å²) in [5.74, 6) is -2.75. The summed E-state index contributed by atoms with van der Waals surface area (Å²) in [6, 6.07) is 8.77. The van der Waals surface area contributed by atoms with Gasteiger partial charge in [0.1, 0.15) is 18.7 Å². The number of carboxylic acids is 1. The summed E-state index contributed by atoms with van der Waals surface area (Å²) >= 11 is 0. The van der Waals surface area contributed by atoms with Gasteiger partial charge in [-0.05, 0) is 11.5 Å². The Kier molecular flexibility index (Phi) is 8.79. The van der Waals surface area contributed by atoms with Gasteiger partial charge in [0, 0.05) is 12.3 Å². The molecule has 1 rings (SSSR count). The van der Waals surface area contributed by atoms with Crippen molar-refractivity contribution >= 4 is 18.0 Å². The summed E-state index contributed by atoms with van der Waals surface area (Å²) in [6.07, 6.45) is -0.791. The number of carboxylic acid groups (broad SMARTS) is 1. The monoisotopic (exact) mass is 375 g/mol. The molecule has 0 radical (unpaired) electrons. The van der Waals surface area contributed by atoms with Crippen LogP contribution in [-0.4, -0.2) is 35.2 Å². The van der Waals surface area contributed by atoms with E-state index >= 15 is 0 Å². The second kappa shape index (κ2) is 10.8. The van der Waals surface area contributed by atoms with Crippen LogP contribution in [0.2, 0.25) is 0 Å². The molecule has 0 aliphatic heterocycles. The van der Waals surface area contributed by atoms with Gasteiger partial charge in [0.25, 0.3) is 0 Å². The third-order valence-corrected chi connectivity index (χ3v) is 3.98. The van der Waals surface area contributed by atoms with Crippen molar-refractivity contribution in [1.29, 1.82) is 5.26 Å². The number of carbonyl (C=O) groups excluding carboxylic acids is 2. The number of benzene rings is 1. The zero-order chi connectivity index (χ0) is 20.4. The van der Waals surface area contributed by atoms with Crippen LogP contribution in [0.1, 0.15) is 32.8 Å². The summed E-state index contributed by atoms with van der Waals surface area (Å²) in [5, 5.41) is 22.9. The molecule has 2 amide bonds. The van der Waals surface area contributed by atoms with Crippen molar-refractivity contribution in [3.8, 4) is 6.07 Å². The summed E-state index contributed by atoms with van der Waals surface area (Å²) in [5.41, 5.74) is 0.800. The lowest BCUT2D eigenvalue weighted by atomic mass is 9.97. The smallest absolute Gasteiger partial charge is 0.408 e. The molecule has 0 unspecified atom stereocenters. The van der Waals surface area contributed by atoms with Crippen LogP contribution >= 0.6 is 0 Å². The van der Waals surface area contributed by atoms with E-state index in [4.69, 9.17) is 10.00 Å². The fourth-order valence-electron chi connectivity index (χ4n) is 2.38. The van der Waals surface area contributed by atoms with Crippen LogP contribution in [0.15, 0.2) is 30.3 Å². The normalized spacial score (nSPS) is 13.7. The van der Waals surface area contributed by atoms with Gasteiger partial charge in [-0.2, -0.15) is 5.26 Å². The molecule has 8 heteroatoms. The molecule has 1 aromatic carbocycles. The second-order valence-corrected chi connectivity index (χ2v) is 6.59. The van der Waals surface area contributed by atoms with Crippen molar-refractivity contribution in [3.63, 3.8) is 0 Å². The SMILES string of the molecule is CC(C)[C@H](NC(=O)OCc1ccccc1)C(=O)N[C@H](C(=O)O)[C@@H](C)CC#N. The van der Waals surface area contributed by atoms with Crippen molar-refractivity contribution in [2.75, 3.05) is 0 Å². The molecule has 0 fully saturated rings. The Bertz CT molecular complexity index is 684. The van der Waals surface area contributed by atoms with Crippen LogP contribution < -0.4 is 10.6 Å². The molecule has 27 heavy (non-hydrogen) atoms. The number of alkyl carbamates (subject to hydrolysis) is 1. The molecule has 0 aliphatic carbocycles. The first-order valence-electron chi connectivity index (χ1n) is 8.63. The number of ether oxygens (including phenoxy) is 1. The molecule has 1 aromatic rings. The highest BCUT2D eigenvalue weighted by Crippen LogP contribution is 2.10. The zero-order valence-electron chi connectivity index (χ0n) is 15.6. The Morgan fingerprint density at radius 3 is 2.26 bits per heavy atom. The van der Waals surface area contributed by atoms with E-state index in [1.807, 2.05) is 24.3 Å². The predicted octanol–water partition coefficient (Wildman–Crippen LogP) is 2.06. The van der Waals surface area contributed by atoms with Crippen LogP contribution in [0.4, 0.5) is 4.79 Å². The molecule has 0 heterocycles. The van der Waals surface area contributed by atoms with E-state index in [0.29, 0.717) is 0 Å². The van der Waals surface area contributed by atoms with Crippen LogP contribution in [0.5, 0.6) is 0 Å². The number of amides is 2. The molecule has 0 saturated heterocycles. The van der Waals surface area contributed by atoms with Gasteiger partial charge in [-0.3, -0.25) is 4.79 Å². The first-order chi connectivity index (χ1) is 12.8. The number of carbonyl (C=O) groups is 3.